The summed E-state index contributed by atoms with van der Waals surface area (Å²) in [6, 6.07) is 13.1. The van der Waals surface area contributed by atoms with Crippen LogP contribution in [0.25, 0.3) is 11.3 Å². The fourth-order valence-electron chi connectivity index (χ4n) is 4.75. The van der Waals surface area contributed by atoms with Gasteiger partial charge in [0.15, 0.2) is 11.6 Å². The van der Waals surface area contributed by atoms with E-state index in [0.29, 0.717) is 36.3 Å². The molecule has 3 N–H and O–H groups in total. The minimum atomic E-state index is -3.13. The second-order valence-electron chi connectivity index (χ2n) is 9.52. The Labute approximate surface area is 236 Å². The molecule has 0 radical (unpaired) electrons. The van der Waals surface area contributed by atoms with Gasteiger partial charge in [-0.05, 0) is 42.3 Å². The van der Waals surface area contributed by atoms with Crippen molar-refractivity contribution in [3.8, 4) is 22.9 Å². The molecule has 214 valence electrons. The van der Waals surface area contributed by atoms with Crippen molar-refractivity contribution >= 4 is 16.8 Å². The third-order valence-corrected chi connectivity index (χ3v) is 7.08. The van der Waals surface area contributed by atoms with Crippen molar-refractivity contribution in [2.75, 3.05) is 18.4 Å². The number of piperidine rings is 1. The van der Waals surface area contributed by atoms with Crippen LogP contribution in [0.5, 0.6) is 11.6 Å². The summed E-state index contributed by atoms with van der Waals surface area (Å²) in [5.74, 6) is -2.76. The number of pyridine rings is 1. The van der Waals surface area contributed by atoms with Crippen molar-refractivity contribution in [3.05, 3.63) is 95.3 Å². The van der Waals surface area contributed by atoms with Gasteiger partial charge in [-0.2, -0.15) is 4.39 Å². The summed E-state index contributed by atoms with van der Waals surface area (Å²) in [4.78, 5) is 12.9. The molecule has 3 atom stereocenters. The number of aromatic nitrogens is 3. The average molecular weight is 585 g/mol. The molecule has 1 unspecified atom stereocenters. The second-order valence-corrected chi connectivity index (χ2v) is 10.3. The Morgan fingerprint density at radius 2 is 1.83 bits per heavy atom. The molecule has 2 aromatic carbocycles. The number of nitrogens with zero attached hydrogens (tertiary/aromatic N) is 3. The van der Waals surface area contributed by atoms with Gasteiger partial charge in [0.1, 0.15) is 6.17 Å². The molecule has 9 nitrogen and oxygen atoms in total. The van der Waals surface area contributed by atoms with Crippen LogP contribution >= 0.6 is 0 Å². The minimum Gasteiger partial charge on any atom is -0.435 e. The zero-order valence-electron chi connectivity index (χ0n) is 21.9. The zero-order valence-corrected chi connectivity index (χ0v) is 22.7. The largest absolute Gasteiger partial charge is 0.435 e. The molecule has 0 amide bonds. The maximum atomic E-state index is 15.6. The first-order valence-corrected chi connectivity index (χ1v) is 14.0. The zero-order chi connectivity index (χ0) is 28.9. The number of benzene rings is 2. The highest BCUT2D eigenvalue weighted by Crippen LogP contribution is 2.37. The van der Waals surface area contributed by atoms with E-state index in [9.17, 15) is 12.8 Å². The quantitative estimate of drug-likeness (QED) is 0.216. The van der Waals surface area contributed by atoms with Crippen LogP contribution in [0.15, 0.2) is 67.0 Å². The number of anilines is 1. The fourth-order valence-corrected chi connectivity index (χ4v) is 5.24. The van der Waals surface area contributed by atoms with Gasteiger partial charge in [-0.3, -0.25) is 0 Å². The smallest absolute Gasteiger partial charge is 0.228 e. The third-order valence-electron chi connectivity index (χ3n) is 6.61. The number of halogens is 3. The Balaban J connectivity index is 1.46. The Morgan fingerprint density at radius 3 is 2.59 bits per heavy atom. The first-order chi connectivity index (χ1) is 19.8. The predicted octanol–water partition coefficient (Wildman–Crippen LogP) is 4.23. The van der Waals surface area contributed by atoms with E-state index >= 15 is 8.78 Å². The second kappa shape index (κ2) is 12.6. The van der Waals surface area contributed by atoms with Gasteiger partial charge in [0.25, 0.3) is 0 Å². The molecule has 0 aliphatic carbocycles. The minimum absolute atomic E-state index is 0.0360. The van der Waals surface area contributed by atoms with Crippen molar-refractivity contribution in [3.63, 3.8) is 0 Å². The molecule has 0 bridgehead atoms. The first-order valence-electron chi connectivity index (χ1n) is 12.8. The van der Waals surface area contributed by atoms with E-state index in [0.717, 1.165) is 0 Å². The summed E-state index contributed by atoms with van der Waals surface area (Å²) in [5.41, 5.74) is 1.31. The van der Waals surface area contributed by atoms with Gasteiger partial charge in [-0.15, -0.1) is 0 Å². The highest BCUT2D eigenvalue weighted by atomic mass is 32.2. The van der Waals surface area contributed by atoms with Gasteiger partial charge in [0.2, 0.25) is 28.5 Å². The molecule has 41 heavy (non-hydrogen) atoms. The van der Waals surface area contributed by atoms with Crippen molar-refractivity contribution in [2.24, 2.45) is 0 Å². The fraction of sp³-hybridized carbons (Fsp3) is 0.250. The monoisotopic (exact) mass is 584 g/mol. The molecule has 2 aromatic heterocycles. The lowest BCUT2D eigenvalue weighted by atomic mass is 9.94. The average Bonchev–Trinajstić information content (AvgIpc) is 2.96. The Morgan fingerprint density at radius 1 is 1.02 bits per heavy atom. The number of thiol groups is 1. The van der Waals surface area contributed by atoms with Gasteiger partial charge in [-0.1, -0.05) is 30.3 Å². The maximum absolute atomic E-state index is 15.6. The highest BCUT2D eigenvalue weighted by Gasteiger charge is 2.27. The molecule has 4 aromatic rings. The van der Waals surface area contributed by atoms with Gasteiger partial charge >= 0.3 is 0 Å². The van der Waals surface area contributed by atoms with Crippen LogP contribution in [0.1, 0.15) is 29.2 Å². The molecular weight excluding hydrogens is 557 g/mol. The van der Waals surface area contributed by atoms with Crippen molar-refractivity contribution in [1.82, 2.24) is 25.0 Å². The third kappa shape index (κ3) is 6.64. The number of rotatable bonds is 9. The topological polar surface area (TPSA) is 118 Å². The molecule has 13 heteroatoms. The van der Waals surface area contributed by atoms with Crippen molar-refractivity contribution in [2.45, 2.75) is 31.6 Å². The number of hydrogen-bond acceptors (Lipinski definition) is 8. The number of alkyl halides is 1. The summed E-state index contributed by atoms with van der Waals surface area (Å²) in [6.07, 6.45) is 2.29. The van der Waals surface area contributed by atoms with Crippen molar-refractivity contribution < 1.29 is 26.3 Å². The number of ether oxygens (including phenoxy) is 1. The molecule has 5 rings (SSSR count). The normalized spacial score (nSPS) is 17.8. The SMILES string of the molecule is Cc1cc(Oc2ncccc2-c2ccnc(N[C@@H]3CNC[C@@H](F)C3)n2)c(F)c(F)c1C(N[SH](=O)=O)c1ccccc1. The number of aryl methyl sites for hydroxylation is 1. The summed E-state index contributed by atoms with van der Waals surface area (Å²) < 4.78 is 76.0. The van der Waals surface area contributed by atoms with Gasteiger partial charge in [0, 0.05) is 43.5 Å². The number of nitrogens with one attached hydrogen (secondary N) is 3. The van der Waals surface area contributed by atoms with Gasteiger partial charge in [0.05, 0.1) is 17.3 Å². The van der Waals surface area contributed by atoms with Crippen LogP contribution in [-0.4, -0.2) is 48.7 Å². The molecule has 0 saturated carbocycles. The standard InChI is InChI=1S/C28H27F3N6O3S/c1-16-12-22(24(30)25(31)23(16)26(37-41(38)39)17-6-3-2-4-7-17)40-27-20(8-5-10-33-27)21-9-11-34-28(36-21)35-19-13-18(29)14-32-15-19/h2-12,18-19,26,32,41H,13-15H2,1H3,(H,34,35,36)(H,37,38,39)/t18-,19-,26?/m0/s1. The summed E-state index contributed by atoms with van der Waals surface area (Å²) >= 11 is 0. The Kier molecular flexibility index (Phi) is 8.76. The molecule has 3 heterocycles. The van der Waals surface area contributed by atoms with Gasteiger partial charge in [-0.25, -0.2) is 36.9 Å². The number of hydrogen-bond donors (Lipinski definition) is 4. The van der Waals surface area contributed by atoms with E-state index in [4.69, 9.17) is 4.74 Å². The first kappa shape index (κ1) is 28.5. The van der Waals surface area contributed by atoms with E-state index in [1.54, 1.807) is 48.5 Å². The van der Waals surface area contributed by atoms with E-state index in [1.807, 2.05) is 0 Å². The molecule has 1 fully saturated rings. The molecular formula is C28H27F3N6O3S. The van der Waals surface area contributed by atoms with Crippen LogP contribution in [-0.2, 0) is 10.9 Å². The van der Waals surface area contributed by atoms with E-state index in [1.165, 1.54) is 25.4 Å². The summed E-state index contributed by atoms with van der Waals surface area (Å²) in [7, 11) is -3.13. The summed E-state index contributed by atoms with van der Waals surface area (Å²) in [5, 5.41) is 6.12. The van der Waals surface area contributed by atoms with E-state index in [2.05, 4.69) is 30.3 Å². The lowest BCUT2D eigenvalue weighted by Gasteiger charge is -2.26. The summed E-state index contributed by atoms with van der Waals surface area (Å²) in [6.45, 7) is 2.39. The van der Waals surface area contributed by atoms with Crippen LogP contribution in [0.2, 0.25) is 0 Å². The lowest BCUT2D eigenvalue weighted by molar-refractivity contribution is 0.254. The van der Waals surface area contributed by atoms with Gasteiger partial charge < -0.3 is 15.4 Å². The Bertz CT molecular complexity index is 1600. The highest BCUT2D eigenvalue weighted by molar-refractivity contribution is 7.70. The van der Waals surface area contributed by atoms with Crippen LogP contribution in [0, 0.1) is 18.6 Å². The molecule has 1 aliphatic rings. The maximum Gasteiger partial charge on any atom is 0.228 e. The molecule has 1 aliphatic heterocycles. The van der Waals surface area contributed by atoms with Crippen molar-refractivity contribution in [1.29, 1.82) is 0 Å². The molecule has 0 spiro atoms. The van der Waals surface area contributed by atoms with Crippen LogP contribution in [0.4, 0.5) is 19.1 Å². The van der Waals surface area contributed by atoms with Crippen LogP contribution < -0.4 is 20.1 Å². The van der Waals surface area contributed by atoms with Crippen LogP contribution in [0.3, 0.4) is 0 Å². The lowest BCUT2D eigenvalue weighted by Crippen LogP contribution is -2.44. The van der Waals surface area contributed by atoms with E-state index < -0.39 is 40.5 Å². The predicted molar refractivity (Wildman–Crippen MR) is 148 cm³/mol. The Hall–Kier alpha value is -4.07. The van der Waals surface area contributed by atoms with E-state index in [-0.39, 0.29) is 29.0 Å². The molecule has 1 saturated heterocycles.